The van der Waals surface area contributed by atoms with Crippen LogP contribution in [0.1, 0.15) is 32.3 Å². The molecule has 0 unspecified atom stereocenters. The monoisotopic (exact) mass is 374 g/mol. The molecule has 0 radical (unpaired) electrons. The molecule has 5 nitrogen and oxygen atoms in total. The first-order valence-electron chi connectivity index (χ1n) is 8.82. The SMILES string of the molecule is CCC[C@@H](C)NC(=O)CN(Cc1ccccc1)S(=O)(=O)c1ccccc1. The summed E-state index contributed by atoms with van der Waals surface area (Å²) in [5.41, 5.74) is 0.835. The molecule has 0 heterocycles. The number of hydrogen-bond donors (Lipinski definition) is 1. The molecule has 2 aromatic carbocycles. The van der Waals surface area contributed by atoms with Crippen LogP contribution in [0.2, 0.25) is 0 Å². The lowest BCUT2D eigenvalue weighted by molar-refractivity contribution is -0.122. The van der Waals surface area contributed by atoms with Gasteiger partial charge in [0.05, 0.1) is 11.4 Å². The van der Waals surface area contributed by atoms with E-state index in [9.17, 15) is 13.2 Å². The molecule has 1 amide bonds. The zero-order valence-electron chi connectivity index (χ0n) is 15.3. The third-order valence-electron chi connectivity index (χ3n) is 4.03. The van der Waals surface area contributed by atoms with E-state index < -0.39 is 10.0 Å². The molecule has 1 atom stereocenters. The van der Waals surface area contributed by atoms with Gasteiger partial charge in [-0.1, -0.05) is 61.9 Å². The van der Waals surface area contributed by atoms with E-state index in [0.29, 0.717) is 0 Å². The highest BCUT2D eigenvalue weighted by molar-refractivity contribution is 7.89. The number of sulfonamides is 1. The van der Waals surface area contributed by atoms with Crippen molar-refractivity contribution in [3.8, 4) is 0 Å². The number of amides is 1. The lowest BCUT2D eigenvalue weighted by Gasteiger charge is -2.23. The van der Waals surface area contributed by atoms with E-state index in [0.717, 1.165) is 18.4 Å². The maximum absolute atomic E-state index is 13.0. The Morgan fingerprint density at radius 1 is 1.04 bits per heavy atom. The van der Waals surface area contributed by atoms with Crippen molar-refractivity contribution >= 4 is 15.9 Å². The van der Waals surface area contributed by atoms with Gasteiger partial charge in [-0.3, -0.25) is 4.79 Å². The van der Waals surface area contributed by atoms with Crippen LogP contribution >= 0.6 is 0 Å². The topological polar surface area (TPSA) is 66.5 Å². The summed E-state index contributed by atoms with van der Waals surface area (Å²) in [5, 5.41) is 2.88. The first kappa shape index (κ1) is 20.1. The molecule has 0 aliphatic rings. The second kappa shape index (κ2) is 9.50. The molecule has 0 aliphatic heterocycles. The summed E-state index contributed by atoms with van der Waals surface area (Å²) in [5.74, 6) is -0.290. The predicted molar refractivity (Wildman–Crippen MR) is 103 cm³/mol. The molecular weight excluding hydrogens is 348 g/mol. The highest BCUT2D eigenvalue weighted by atomic mass is 32.2. The van der Waals surface area contributed by atoms with Crippen LogP contribution in [0.4, 0.5) is 0 Å². The fourth-order valence-corrected chi connectivity index (χ4v) is 4.15. The third-order valence-corrected chi connectivity index (χ3v) is 5.84. The Labute approximate surface area is 156 Å². The molecule has 140 valence electrons. The van der Waals surface area contributed by atoms with Crippen LogP contribution in [0.15, 0.2) is 65.6 Å². The fourth-order valence-electron chi connectivity index (χ4n) is 2.74. The number of nitrogens with one attached hydrogen (secondary N) is 1. The van der Waals surface area contributed by atoms with Gasteiger partial charge in [-0.2, -0.15) is 4.31 Å². The van der Waals surface area contributed by atoms with Crippen molar-refractivity contribution < 1.29 is 13.2 Å². The van der Waals surface area contributed by atoms with Gasteiger partial charge in [-0.15, -0.1) is 0 Å². The standard InChI is InChI=1S/C20H26N2O3S/c1-3-10-17(2)21-20(23)16-22(15-18-11-6-4-7-12-18)26(24,25)19-13-8-5-9-14-19/h4-9,11-14,17H,3,10,15-16H2,1-2H3,(H,21,23)/t17-/m1/s1. The van der Waals surface area contributed by atoms with Crippen LogP contribution in [-0.2, 0) is 21.4 Å². The first-order chi connectivity index (χ1) is 12.4. The summed E-state index contributed by atoms with van der Waals surface area (Å²) in [6.45, 7) is 3.91. The number of benzene rings is 2. The van der Waals surface area contributed by atoms with Crippen LogP contribution in [0.5, 0.6) is 0 Å². The predicted octanol–water partition coefficient (Wildman–Crippen LogP) is 3.18. The Hall–Kier alpha value is -2.18. The fraction of sp³-hybridized carbons (Fsp3) is 0.350. The summed E-state index contributed by atoms with van der Waals surface area (Å²) >= 11 is 0. The van der Waals surface area contributed by atoms with Crippen molar-refractivity contribution in [3.05, 3.63) is 66.2 Å². The van der Waals surface area contributed by atoms with Gasteiger partial charge in [-0.05, 0) is 31.0 Å². The molecule has 1 N–H and O–H groups in total. The van der Waals surface area contributed by atoms with Crippen molar-refractivity contribution in [2.45, 2.75) is 44.2 Å². The van der Waals surface area contributed by atoms with Gasteiger partial charge in [0.2, 0.25) is 15.9 Å². The van der Waals surface area contributed by atoms with E-state index in [1.54, 1.807) is 30.3 Å². The van der Waals surface area contributed by atoms with Crippen molar-refractivity contribution in [3.63, 3.8) is 0 Å². The van der Waals surface area contributed by atoms with Crippen LogP contribution in [-0.4, -0.2) is 31.2 Å². The van der Waals surface area contributed by atoms with Crippen LogP contribution in [0.3, 0.4) is 0 Å². The van der Waals surface area contributed by atoms with E-state index in [1.807, 2.05) is 44.2 Å². The van der Waals surface area contributed by atoms with Gasteiger partial charge in [-0.25, -0.2) is 8.42 Å². The van der Waals surface area contributed by atoms with E-state index >= 15 is 0 Å². The molecule has 0 saturated carbocycles. The molecule has 0 bridgehead atoms. The van der Waals surface area contributed by atoms with Crippen molar-refractivity contribution in [1.82, 2.24) is 9.62 Å². The number of carbonyl (C=O) groups excluding carboxylic acids is 1. The summed E-state index contributed by atoms with van der Waals surface area (Å²) < 4.78 is 27.3. The normalized spacial score (nSPS) is 12.7. The average molecular weight is 375 g/mol. The van der Waals surface area contributed by atoms with Gasteiger partial charge < -0.3 is 5.32 Å². The summed E-state index contributed by atoms with van der Waals surface area (Å²) in [6.07, 6.45) is 1.81. The first-order valence-corrected chi connectivity index (χ1v) is 10.3. The van der Waals surface area contributed by atoms with Gasteiger partial charge in [0.25, 0.3) is 0 Å². The average Bonchev–Trinajstić information content (AvgIpc) is 2.63. The highest BCUT2D eigenvalue weighted by Gasteiger charge is 2.27. The Morgan fingerprint density at radius 2 is 1.62 bits per heavy atom. The Bertz CT molecular complexity index is 792. The highest BCUT2D eigenvalue weighted by Crippen LogP contribution is 2.18. The molecule has 2 aromatic rings. The zero-order valence-corrected chi connectivity index (χ0v) is 16.1. The summed E-state index contributed by atoms with van der Waals surface area (Å²) in [6, 6.07) is 17.5. The quantitative estimate of drug-likeness (QED) is 0.733. The van der Waals surface area contributed by atoms with Crippen LogP contribution in [0.25, 0.3) is 0 Å². The second-order valence-corrected chi connectivity index (χ2v) is 8.27. The Kier molecular flexibility index (Phi) is 7.36. The summed E-state index contributed by atoms with van der Waals surface area (Å²) in [4.78, 5) is 12.6. The molecule has 26 heavy (non-hydrogen) atoms. The van der Waals surface area contributed by atoms with Gasteiger partial charge in [0.1, 0.15) is 0 Å². The Balaban J connectivity index is 2.23. The van der Waals surface area contributed by atoms with E-state index in [-0.39, 0.29) is 29.9 Å². The van der Waals surface area contributed by atoms with Gasteiger partial charge >= 0.3 is 0 Å². The Morgan fingerprint density at radius 3 is 2.19 bits per heavy atom. The van der Waals surface area contributed by atoms with Crippen molar-refractivity contribution in [1.29, 1.82) is 0 Å². The van der Waals surface area contributed by atoms with Crippen LogP contribution < -0.4 is 5.32 Å². The number of nitrogens with zero attached hydrogens (tertiary/aromatic N) is 1. The number of hydrogen-bond acceptors (Lipinski definition) is 3. The maximum Gasteiger partial charge on any atom is 0.243 e. The molecule has 0 aromatic heterocycles. The lowest BCUT2D eigenvalue weighted by Crippen LogP contribution is -2.43. The van der Waals surface area contributed by atoms with Crippen LogP contribution in [0, 0.1) is 0 Å². The minimum Gasteiger partial charge on any atom is -0.353 e. The molecular formula is C20H26N2O3S. The number of carbonyl (C=O) groups is 1. The maximum atomic E-state index is 13.0. The third kappa shape index (κ3) is 5.68. The van der Waals surface area contributed by atoms with Gasteiger partial charge in [0.15, 0.2) is 0 Å². The summed E-state index contributed by atoms with van der Waals surface area (Å²) in [7, 11) is -3.77. The van der Waals surface area contributed by atoms with E-state index in [1.165, 1.54) is 4.31 Å². The van der Waals surface area contributed by atoms with E-state index in [4.69, 9.17) is 0 Å². The molecule has 0 aliphatic carbocycles. The molecule has 2 rings (SSSR count). The van der Waals surface area contributed by atoms with Crippen molar-refractivity contribution in [2.24, 2.45) is 0 Å². The van der Waals surface area contributed by atoms with E-state index in [2.05, 4.69) is 5.32 Å². The lowest BCUT2D eigenvalue weighted by atomic mass is 10.2. The molecule has 6 heteroatoms. The second-order valence-electron chi connectivity index (χ2n) is 6.33. The molecule has 0 fully saturated rings. The molecule has 0 saturated heterocycles. The largest absolute Gasteiger partial charge is 0.353 e. The zero-order chi connectivity index (χ0) is 19.0. The minimum absolute atomic E-state index is 0.0190. The number of rotatable bonds is 9. The molecule has 0 spiro atoms. The van der Waals surface area contributed by atoms with Crippen molar-refractivity contribution in [2.75, 3.05) is 6.54 Å². The minimum atomic E-state index is -3.77. The smallest absolute Gasteiger partial charge is 0.243 e. The van der Waals surface area contributed by atoms with Gasteiger partial charge in [0, 0.05) is 12.6 Å².